The molecule has 1 saturated carbocycles. The van der Waals surface area contributed by atoms with Crippen molar-refractivity contribution in [2.75, 3.05) is 11.9 Å². The minimum atomic E-state index is -4.43. The van der Waals surface area contributed by atoms with Crippen molar-refractivity contribution in [2.45, 2.75) is 36.5 Å². The first-order valence-corrected chi connectivity index (χ1v) is 13.5. The number of rotatable bonds is 4. The molecule has 9 nitrogen and oxygen atoms in total. The van der Waals surface area contributed by atoms with Crippen LogP contribution in [0.2, 0.25) is 0 Å². The third-order valence-corrected chi connectivity index (χ3v) is 9.65. The molecule has 0 radical (unpaired) electrons. The summed E-state index contributed by atoms with van der Waals surface area (Å²) in [5, 5.41) is 10.2. The highest BCUT2D eigenvalue weighted by Crippen LogP contribution is 2.66. The second kappa shape index (κ2) is 7.67. The molecule has 0 saturated heterocycles. The molecule has 2 aromatic heterocycles. The van der Waals surface area contributed by atoms with Crippen LogP contribution >= 0.6 is 0 Å². The van der Waals surface area contributed by atoms with Crippen molar-refractivity contribution in [2.24, 2.45) is 7.05 Å². The summed E-state index contributed by atoms with van der Waals surface area (Å²) in [6.07, 6.45) is 2.07. The molecule has 2 atom stereocenters. The van der Waals surface area contributed by atoms with Gasteiger partial charge in [0.1, 0.15) is 11.2 Å². The number of likely N-dealkylation sites (N-methyl/N-ethyl adjacent to an activating group) is 1. The van der Waals surface area contributed by atoms with Crippen LogP contribution in [0.4, 0.5) is 5.69 Å². The molecule has 194 valence electrons. The fourth-order valence-corrected chi connectivity index (χ4v) is 7.40. The largest absolute Gasteiger partial charge is 0.477 e. The number of fused-ring (bicyclic) bond motifs is 3. The lowest BCUT2D eigenvalue weighted by Crippen LogP contribution is -2.29. The second-order valence-corrected chi connectivity index (χ2v) is 12.1. The summed E-state index contributed by atoms with van der Waals surface area (Å²) >= 11 is 0. The number of nitrogens with zero attached hydrogens (tertiary/aromatic N) is 3. The van der Waals surface area contributed by atoms with E-state index in [0.717, 1.165) is 22.4 Å². The van der Waals surface area contributed by atoms with Gasteiger partial charge in [-0.25, -0.2) is 17.2 Å². The predicted molar refractivity (Wildman–Crippen MR) is 142 cm³/mol. The number of aromatic nitrogens is 2. The maximum absolute atomic E-state index is 13.7. The van der Waals surface area contributed by atoms with Gasteiger partial charge in [0.15, 0.2) is 0 Å². The van der Waals surface area contributed by atoms with Crippen LogP contribution in [0.15, 0.2) is 64.4 Å². The molecule has 10 heteroatoms. The van der Waals surface area contributed by atoms with E-state index < -0.39 is 32.7 Å². The lowest BCUT2D eigenvalue weighted by atomic mass is 9.91. The van der Waals surface area contributed by atoms with Crippen LogP contribution in [0.1, 0.15) is 45.1 Å². The molecule has 4 aromatic rings. The monoisotopic (exact) mass is 531 g/mol. The molecule has 3 heterocycles. The quantitative estimate of drug-likeness (QED) is 0.432. The summed E-state index contributed by atoms with van der Waals surface area (Å²) in [5.74, 6) is -1.90. The predicted octanol–water partition coefficient (Wildman–Crippen LogP) is 3.29. The summed E-state index contributed by atoms with van der Waals surface area (Å²) in [6.45, 7) is 3.76. The summed E-state index contributed by atoms with van der Waals surface area (Å²) in [6, 6.07) is 13.1. The van der Waals surface area contributed by atoms with Gasteiger partial charge in [-0.2, -0.15) is 0 Å². The molecular formula is C28H25N3O6S. The number of amides is 1. The van der Waals surface area contributed by atoms with Crippen LogP contribution in [0.25, 0.3) is 10.9 Å². The Labute approximate surface area is 218 Å². The maximum Gasteiger partial charge on any atom is 0.353 e. The fraction of sp³-hybridized carbons (Fsp3) is 0.250. The summed E-state index contributed by atoms with van der Waals surface area (Å²) in [7, 11) is -1.20. The first-order chi connectivity index (χ1) is 17.9. The van der Waals surface area contributed by atoms with Crippen molar-refractivity contribution in [3.63, 3.8) is 0 Å². The van der Waals surface area contributed by atoms with Crippen molar-refractivity contribution in [3.8, 4) is 0 Å². The Kier molecular flexibility index (Phi) is 4.88. The Morgan fingerprint density at radius 1 is 1.00 bits per heavy atom. The molecule has 0 unspecified atom stereocenters. The van der Waals surface area contributed by atoms with Crippen molar-refractivity contribution in [1.29, 1.82) is 0 Å². The van der Waals surface area contributed by atoms with Gasteiger partial charge in [0, 0.05) is 37.3 Å². The molecule has 1 aliphatic heterocycles. The SMILES string of the molecule is Cc1ccc(S(=O)(=O)n2c(C(=O)O)cc3c([C@@H]4C[C@@]45C(=O)N(C)c4cc(C)ccc45)cn(C)c(=O)c32)cc1. The van der Waals surface area contributed by atoms with Gasteiger partial charge in [0.05, 0.1) is 10.3 Å². The zero-order chi connectivity index (χ0) is 27.3. The van der Waals surface area contributed by atoms with E-state index in [1.165, 1.54) is 29.8 Å². The third kappa shape index (κ3) is 3.03. The fourth-order valence-electron chi connectivity index (χ4n) is 5.90. The van der Waals surface area contributed by atoms with Gasteiger partial charge < -0.3 is 14.6 Å². The highest BCUT2D eigenvalue weighted by atomic mass is 32.2. The Balaban J connectivity index is 1.62. The molecule has 1 aliphatic carbocycles. The number of carbonyl (C=O) groups excluding carboxylic acids is 1. The average molecular weight is 532 g/mol. The lowest BCUT2D eigenvalue weighted by molar-refractivity contribution is -0.120. The number of carboxylic acid groups (broad SMARTS) is 1. The number of aryl methyl sites for hydroxylation is 3. The Morgan fingerprint density at radius 2 is 1.66 bits per heavy atom. The van der Waals surface area contributed by atoms with Crippen LogP contribution in [-0.4, -0.2) is 41.0 Å². The smallest absolute Gasteiger partial charge is 0.353 e. The molecule has 38 heavy (non-hydrogen) atoms. The Hall–Kier alpha value is -4.18. The molecule has 2 aromatic carbocycles. The molecule has 0 bridgehead atoms. The van der Waals surface area contributed by atoms with Gasteiger partial charge in [0.25, 0.3) is 15.6 Å². The van der Waals surface area contributed by atoms with Crippen molar-refractivity contribution < 1.29 is 23.1 Å². The Morgan fingerprint density at radius 3 is 2.32 bits per heavy atom. The van der Waals surface area contributed by atoms with Crippen molar-refractivity contribution in [1.82, 2.24) is 8.54 Å². The summed E-state index contributed by atoms with van der Waals surface area (Å²) < 4.78 is 29.4. The number of benzene rings is 2. The molecule has 1 N–H and O–H groups in total. The van der Waals surface area contributed by atoms with Crippen LogP contribution < -0.4 is 10.5 Å². The van der Waals surface area contributed by atoms with Crippen LogP contribution in [0, 0.1) is 13.8 Å². The Bertz CT molecular complexity index is 1880. The number of hydrogen-bond acceptors (Lipinski definition) is 5. The van der Waals surface area contributed by atoms with E-state index in [1.54, 1.807) is 37.2 Å². The number of carboxylic acids is 1. The summed E-state index contributed by atoms with van der Waals surface area (Å²) in [5.41, 5.74) is 1.86. The minimum absolute atomic E-state index is 0.0738. The van der Waals surface area contributed by atoms with E-state index in [4.69, 9.17) is 0 Å². The van der Waals surface area contributed by atoms with E-state index >= 15 is 0 Å². The van der Waals surface area contributed by atoms with Gasteiger partial charge in [0.2, 0.25) is 5.91 Å². The number of anilines is 1. The van der Waals surface area contributed by atoms with E-state index in [-0.39, 0.29) is 27.6 Å². The highest BCUT2D eigenvalue weighted by Gasteiger charge is 2.67. The average Bonchev–Trinajstić information content (AvgIpc) is 3.41. The summed E-state index contributed by atoms with van der Waals surface area (Å²) in [4.78, 5) is 40.7. The third-order valence-electron chi connectivity index (χ3n) is 7.92. The molecule has 1 amide bonds. The molecule has 1 spiro atoms. The standard InChI is InChI=1S/C28H25N3O6S/c1-15-5-8-17(9-6-15)38(36,37)31-23(26(33)34)12-18-19(14-29(3)25(32)24(18)31)21-13-28(21)20-10-7-16(2)11-22(20)30(4)27(28)35/h5-12,14,21H,13H2,1-4H3,(H,33,34)/t21-,28-/m0/s1. The van der Waals surface area contributed by atoms with E-state index in [0.29, 0.717) is 16.0 Å². The zero-order valence-corrected chi connectivity index (χ0v) is 22.0. The van der Waals surface area contributed by atoms with E-state index in [9.17, 15) is 27.9 Å². The highest BCUT2D eigenvalue weighted by molar-refractivity contribution is 7.90. The van der Waals surface area contributed by atoms with Gasteiger partial charge in [-0.3, -0.25) is 9.59 Å². The number of pyridine rings is 1. The number of carbonyl (C=O) groups is 2. The van der Waals surface area contributed by atoms with E-state index in [1.807, 2.05) is 25.1 Å². The molecule has 1 fully saturated rings. The number of aromatic carboxylic acids is 1. The topological polar surface area (TPSA) is 119 Å². The van der Waals surface area contributed by atoms with Gasteiger partial charge in [-0.15, -0.1) is 0 Å². The van der Waals surface area contributed by atoms with Gasteiger partial charge in [-0.05, 0) is 61.2 Å². The van der Waals surface area contributed by atoms with E-state index in [2.05, 4.69) is 0 Å². The molecular weight excluding hydrogens is 506 g/mol. The van der Waals surface area contributed by atoms with Crippen LogP contribution in [0.5, 0.6) is 0 Å². The van der Waals surface area contributed by atoms with Crippen LogP contribution in [0.3, 0.4) is 0 Å². The van der Waals surface area contributed by atoms with Crippen molar-refractivity contribution >= 4 is 38.5 Å². The van der Waals surface area contributed by atoms with Crippen LogP contribution in [-0.2, 0) is 27.3 Å². The molecule has 2 aliphatic rings. The second-order valence-electron chi connectivity index (χ2n) is 10.3. The maximum atomic E-state index is 13.7. The minimum Gasteiger partial charge on any atom is -0.477 e. The molecule has 6 rings (SSSR count). The first-order valence-electron chi connectivity index (χ1n) is 12.1. The first kappa shape index (κ1) is 24.2. The van der Waals surface area contributed by atoms with Gasteiger partial charge >= 0.3 is 5.97 Å². The zero-order valence-electron chi connectivity index (χ0n) is 21.2. The normalized spacial score (nSPS) is 20.4. The van der Waals surface area contributed by atoms with Gasteiger partial charge in [-0.1, -0.05) is 29.8 Å². The number of hydrogen-bond donors (Lipinski definition) is 1. The lowest BCUT2D eigenvalue weighted by Gasteiger charge is -2.14. The van der Waals surface area contributed by atoms with Crippen molar-refractivity contribution in [3.05, 3.63) is 93.0 Å².